The van der Waals surface area contributed by atoms with E-state index in [9.17, 15) is 9.59 Å². The number of nitrogens with zero attached hydrogens (tertiary/aromatic N) is 1. The zero-order chi connectivity index (χ0) is 20.4. The lowest BCUT2D eigenvalue weighted by atomic mass is 10.0. The molecule has 150 valence electrons. The molecule has 0 aliphatic carbocycles. The number of likely N-dealkylation sites (tertiary alicyclic amines) is 1. The summed E-state index contributed by atoms with van der Waals surface area (Å²) in [6.07, 6.45) is 1.72. The normalized spacial score (nSPS) is 15.5. The van der Waals surface area contributed by atoms with Gasteiger partial charge in [-0.2, -0.15) is 0 Å². The molecule has 4 rings (SSSR count). The van der Waals surface area contributed by atoms with Crippen molar-refractivity contribution < 1.29 is 9.59 Å². The van der Waals surface area contributed by atoms with Crippen LogP contribution in [0.2, 0.25) is 0 Å². The number of para-hydroxylation sites is 1. The van der Waals surface area contributed by atoms with Gasteiger partial charge in [0.1, 0.15) is 0 Å². The number of piperidine rings is 1. The number of nitrogens with one attached hydrogen (secondary N) is 2. The summed E-state index contributed by atoms with van der Waals surface area (Å²) < 4.78 is 0. The van der Waals surface area contributed by atoms with Gasteiger partial charge in [0.2, 0.25) is 0 Å². The molecule has 1 aliphatic rings. The van der Waals surface area contributed by atoms with Gasteiger partial charge in [0.25, 0.3) is 11.7 Å². The van der Waals surface area contributed by atoms with Crippen molar-refractivity contribution in [2.45, 2.75) is 39.3 Å². The van der Waals surface area contributed by atoms with E-state index in [1.807, 2.05) is 31.2 Å². The van der Waals surface area contributed by atoms with Gasteiger partial charge >= 0.3 is 0 Å². The Hall–Kier alpha value is -2.92. The molecule has 0 bridgehead atoms. The van der Waals surface area contributed by atoms with Crippen LogP contribution in [0.1, 0.15) is 40.0 Å². The first-order chi connectivity index (χ1) is 14.0. The second-order valence-corrected chi connectivity index (χ2v) is 7.95. The van der Waals surface area contributed by atoms with Gasteiger partial charge in [-0.3, -0.25) is 14.5 Å². The van der Waals surface area contributed by atoms with Gasteiger partial charge in [0, 0.05) is 42.3 Å². The van der Waals surface area contributed by atoms with Crippen molar-refractivity contribution in [3.8, 4) is 0 Å². The van der Waals surface area contributed by atoms with E-state index in [-0.39, 0.29) is 6.04 Å². The van der Waals surface area contributed by atoms with Gasteiger partial charge in [-0.15, -0.1) is 0 Å². The quantitative estimate of drug-likeness (QED) is 0.516. The third-order valence-corrected chi connectivity index (χ3v) is 5.90. The van der Waals surface area contributed by atoms with Crippen molar-refractivity contribution in [3.63, 3.8) is 0 Å². The molecule has 2 aromatic carbocycles. The summed E-state index contributed by atoms with van der Waals surface area (Å²) >= 11 is 0. The number of ketones is 1. The minimum Gasteiger partial charge on any atom is -0.358 e. The predicted molar refractivity (Wildman–Crippen MR) is 115 cm³/mol. The highest BCUT2D eigenvalue weighted by atomic mass is 16.2. The molecule has 2 N–H and O–H groups in total. The second-order valence-electron chi connectivity index (χ2n) is 7.95. The van der Waals surface area contributed by atoms with Crippen molar-refractivity contribution in [2.24, 2.45) is 0 Å². The molecular weight excluding hydrogens is 362 g/mol. The minimum atomic E-state index is -0.504. The highest BCUT2D eigenvalue weighted by molar-refractivity contribution is 6.45. The molecule has 0 saturated carbocycles. The molecule has 2 heterocycles. The number of fused-ring (bicyclic) bond motifs is 1. The summed E-state index contributed by atoms with van der Waals surface area (Å²) in [5.74, 6) is -0.961. The summed E-state index contributed by atoms with van der Waals surface area (Å²) in [7, 11) is 0. The van der Waals surface area contributed by atoms with E-state index in [0.29, 0.717) is 5.56 Å². The molecule has 1 aliphatic heterocycles. The van der Waals surface area contributed by atoms with Crippen LogP contribution >= 0.6 is 0 Å². The van der Waals surface area contributed by atoms with Gasteiger partial charge in [-0.05, 0) is 43.9 Å². The van der Waals surface area contributed by atoms with Gasteiger partial charge in [-0.25, -0.2) is 0 Å². The number of rotatable bonds is 5. The van der Waals surface area contributed by atoms with E-state index in [4.69, 9.17) is 0 Å². The molecule has 0 spiro atoms. The Balaban J connectivity index is 1.35. The first-order valence-electron chi connectivity index (χ1n) is 10.2. The Morgan fingerprint density at radius 1 is 1.03 bits per heavy atom. The number of benzene rings is 2. The standard InChI is InChI=1S/C24H27N3O2/c1-16-7-3-4-8-18(16)15-27-13-11-19(12-14-27)26-24(29)23(28)22-17(2)25-21-10-6-5-9-20(21)22/h3-10,19,25H,11-15H2,1-2H3,(H,26,29). The highest BCUT2D eigenvalue weighted by Crippen LogP contribution is 2.23. The van der Waals surface area contributed by atoms with Crippen molar-refractivity contribution >= 4 is 22.6 Å². The number of hydrogen-bond acceptors (Lipinski definition) is 3. The Morgan fingerprint density at radius 2 is 1.72 bits per heavy atom. The van der Waals surface area contributed by atoms with Crippen LogP contribution in [0, 0.1) is 13.8 Å². The lowest BCUT2D eigenvalue weighted by Crippen LogP contribution is -2.46. The van der Waals surface area contributed by atoms with E-state index in [1.165, 1.54) is 11.1 Å². The maximum atomic E-state index is 12.8. The molecule has 29 heavy (non-hydrogen) atoms. The third-order valence-electron chi connectivity index (χ3n) is 5.90. The fraction of sp³-hybridized carbons (Fsp3) is 0.333. The van der Waals surface area contributed by atoms with E-state index in [1.54, 1.807) is 0 Å². The Bertz CT molecular complexity index is 1050. The smallest absolute Gasteiger partial charge is 0.292 e. The van der Waals surface area contributed by atoms with Crippen molar-refractivity contribution in [3.05, 3.63) is 70.9 Å². The number of aryl methyl sites for hydroxylation is 2. The van der Waals surface area contributed by atoms with Gasteiger partial charge in [0.05, 0.1) is 5.56 Å². The first kappa shape index (κ1) is 19.4. The van der Waals surface area contributed by atoms with Gasteiger partial charge in [0.15, 0.2) is 0 Å². The van der Waals surface area contributed by atoms with E-state index in [2.05, 4.69) is 46.4 Å². The SMILES string of the molecule is Cc1ccccc1CN1CCC(NC(=O)C(=O)c2c(C)[nH]c3ccccc23)CC1. The molecular formula is C24H27N3O2. The Morgan fingerprint density at radius 3 is 2.48 bits per heavy atom. The largest absolute Gasteiger partial charge is 0.358 e. The molecule has 0 unspecified atom stereocenters. The number of H-pyrrole nitrogens is 1. The number of aromatic amines is 1. The molecule has 1 saturated heterocycles. The van der Waals surface area contributed by atoms with Crippen LogP contribution in [0.5, 0.6) is 0 Å². The van der Waals surface area contributed by atoms with E-state index in [0.717, 1.165) is 49.1 Å². The monoisotopic (exact) mass is 389 g/mol. The van der Waals surface area contributed by atoms with E-state index < -0.39 is 11.7 Å². The number of aromatic nitrogens is 1. The fourth-order valence-electron chi connectivity index (χ4n) is 4.20. The molecule has 1 fully saturated rings. The maximum absolute atomic E-state index is 12.8. The molecule has 5 nitrogen and oxygen atoms in total. The Labute approximate surface area is 171 Å². The maximum Gasteiger partial charge on any atom is 0.292 e. The van der Waals surface area contributed by atoms with E-state index >= 15 is 0 Å². The number of carbonyl (C=O) groups is 2. The number of hydrogen-bond donors (Lipinski definition) is 2. The number of amides is 1. The van der Waals surface area contributed by atoms with Crippen molar-refractivity contribution in [1.82, 2.24) is 15.2 Å². The van der Waals surface area contributed by atoms with Crippen LogP contribution in [-0.4, -0.2) is 40.7 Å². The number of Topliss-reactive ketones (excluding diaryl/α,β-unsaturated/α-hetero) is 1. The summed E-state index contributed by atoms with van der Waals surface area (Å²) in [4.78, 5) is 31.1. The fourth-order valence-corrected chi connectivity index (χ4v) is 4.20. The predicted octanol–water partition coefficient (Wildman–Crippen LogP) is 3.75. The van der Waals surface area contributed by atoms with Crippen LogP contribution in [0.15, 0.2) is 48.5 Å². The number of carbonyl (C=O) groups excluding carboxylic acids is 2. The summed E-state index contributed by atoms with van der Waals surface area (Å²) in [5, 5.41) is 3.77. The van der Waals surface area contributed by atoms with Crippen LogP contribution in [0.4, 0.5) is 0 Å². The summed E-state index contributed by atoms with van der Waals surface area (Å²) in [5.41, 5.74) is 4.75. The van der Waals surface area contributed by atoms with Crippen LogP contribution < -0.4 is 5.32 Å². The molecule has 1 amide bonds. The zero-order valence-electron chi connectivity index (χ0n) is 17.0. The molecule has 3 aromatic rings. The first-order valence-corrected chi connectivity index (χ1v) is 10.2. The van der Waals surface area contributed by atoms with Crippen molar-refractivity contribution in [1.29, 1.82) is 0 Å². The molecule has 5 heteroatoms. The minimum absolute atomic E-state index is 0.0464. The van der Waals surface area contributed by atoms with Gasteiger partial charge < -0.3 is 10.3 Å². The lowest BCUT2D eigenvalue weighted by molar-refractivity contribution is -0.118. The Kier molecular flexibility index (Phi) is 5.49. The van der Waals surface area contributed by atoms with Crippen molar-refractivity contribution in [2.75, 3.05) is 13.1 Å². The topological polar surface area (TPSA) is 65.2 Å². The van der Waals surface area contributed by atoms with Crippen LogP contribution in [-0.2, 0) is 11.3 Å². The van der Waals surface area contributed by atoms with Crippen LogP contribution in [0.25, 0.3) is 10.9 Å². The average Bonchev–Trinajstić information content (AvgIpc) is 3.06. The average molecular weight is 389 g/mol. The second kappa shape index (κ2) is 8.21. The van der Waals surface area contributed by atoms with Crippen LogP contribution in [0.3, 0.4) is 0 Å². The summed E-state index contributed by atoms with van der Waals surface area (Å²) in [6, 6.07) is 16.1. The molecule has 1 aromatic heterocycles. The molecule has 0 atom stereocenters. The zero-order valence-corrected chi connectivity index (χ0v) is 17.0. The third kappa shape index (κ3) is 4.10. The lowest BCUT2D eigenvalue weighted by Gasteiger charge is -2.32. The summed E-state index contributed by atoms with van der Waals surface area (Å²) in [6.45, 7) is 6.74. The van der Waals surface area contributed by atoms with Gasteiger partial charge in [-0.1, -0.05) is 42.5 Å². The molecule has 0 radical (unpaired) electrons. The highest BCUT2D eigenvalue weighted by Gasteiger charge is 2.26.